The van der Waals surface area contributed by atoms with Gasteiger partial charge >= 0.3 is 0 Å². The fraction of sp³-hybridized carbons (Fsp3) is 0.737. The molecule has 8 heteroatoms. The van der Waals surface area contributed by atoms with Crippen LogP contribution in [-0.4, -0.2) is 69.9 Å². The van der Waals surface area contributed by atoms with Gasteiger partial charge in [0.1, 0.15) is 6.61 Å². The van der Waals surface area contributed by atoms with Crippen LogP contribution in [0.3, 0.4) is 0 Å². The van der Waals surface area contributed by atoms with Crippen LogP contribution < -0.4 is 0 Å². The summed E-state index contributed by atoms with van der Waals surface area (Å²) in [6.45, 7) is 5.66. The lowest BCUT2D eigenvalue weighted by molar-refractivity contribution is -0.143. The highest BCUT2D eigenvalue weighted by Gasteiger charge is 2.37. The number of likely N-dealkylation sites (N-methyl/N-ethyl adjacent to an activating group) is 1. The molecular formula is C19H30N4O4. The smallest absolute Gasteiger partial charge is 0.248 e. The van der Waals surface area contributed by atoms with Crippen molar-refractivity contribution in [3.63, 3.8) is 0 Å². The number of rotatable bonds is 6. The molecule has 2 amide bonds. The van der Waals surface area contributed by atoms with Crippen molar-refractivity contribution in [1.82, 2.24) is 19.6 Å². The van der Waals surface area contributed by atoms with Crippen LogP contribution in [0.4, 0.5) is 0 Å². The van der Waals surface area contributed by atoms with Crippen LogP contribution in [0.1, 0.15) is 49.7 Å². The molecule has 3 rings (SSSR count). The SMILES string of the molecule is CC(C)n1nc(COCC(=O)N(C)C)c2c1CN(C(=O)C1CC(O)C1)CC2. The van der Waals surface area contributed by atoms with E-state index in [1.165, 1.54) is 4.90 Å². The van der Waals surface area contributed by atoms with E-state index in [0.717, 1.165) is 23.4 Å². The Labute approximate surface area is 160 Å². The number of aliphatic hydroxyl groups excluding tert-OH is 1. The van der Waals surface area contributed by atoms with Crippen molar-refractivity contribution >= 4 is 11.8 Å². The molecule has 0 aromatic carbocycles. The number of aromatic nitrogens is 2. The summed E-state index contributed by atoms with van der Waals surface area (Å²) in [5.41, 5.74) is 3.05. The Morgan fingerprint density at radius 3 is 2.63 bits per heavy atom. The molecule has 1 fully saturated rings. The van der Waals surface area contributed by atoms with E-state index < -0.39 is 0 Å². The average molecular weight is 378 g/mol. The molecular weight excluding hydrogens is 348 g/mol. The zero-order chi connectivity index (χ0) is 19.7. The van der Waals surface area contributed by atoms with E-state index in [0.29, 0.717) is 32.5 Å². The lowest BCUT2D eigenvalue weighted by Crippen LogP contribution is -2.45. The van der Waals surface area contributed by atoms with Crippen LogP contribution in [0.25, 0.3) is 0 Å². The number of carbonyl (C=O) groups is 2. The summed E-state index contributed by atoms with van der Waals surface area (Å²) in [7, 11) is 3.40. The van der Waals surface area contributed by atoms with Gasteiger partial charge in [0.2, 0.25) is 11.8 Å². The van der Waals surface area contributed by atoms with Crippen LogP contribution >= 0.6 is 0 Å². The third-order valence-electron chi connectivity index (χ3n) is 5.40. The first kappa shape index (κ1) is 19.8. The predicted octanol–water partition coefficient (Wildman–Crippen LogP) is 0.724. The van der Waals surface area contributed by atoms with Crippen molar-refractivity contribution in [2.75, 3.05) is 27.2 Å². The fourth-order valence-electron chi connectivity index (χ4n) is 3.66. The third kappa shape index (κ3) is 4.16. The molecule has 27 heavy (non-hydrogen) atoms. The molecule has 1 aliphatic carbocycles. The molecule has 1 aromatic heterocycles. The number of ether oxygens (including phenoxy) is 1. The average Bonchev–Trinajstić information content (AvgIpc) is 2.96. The second-order valence-corrected chi connectivity index (χ2v) is 8.02. The van der Waals surface area contributed by atoms with E-state index in [-0.39, 0.29) is 36.5 Å². The normalized spacial score (nSPS) is 21.8. The summed E-state index contributed by atoms with van der Waals surface area (Å²) >= 11 is 0. The van der Waals surface area contributed by atoms with Gasteiger partial charge in [0.25, 0.3) is 0 Å². The van der Waals surface area contributed by atoms with Gasteiger partial charge in [0.15, 0.2) is 0 Å². The Hall–Kier alpha value is -1.93. The highest BCUT2D eigenvalue weighted by molar-refractivity contribution is 5.80. The standard InChI is InChI=1S/C19H30N4O4/c1-12(2)23-17-9-22(19(26)13-7-14(24)8-13)6-5-15(17)16(20-23)10-27-11-18(25)21(3)4/h12-14,24H,5-11H2,1-4H3. The molecule has 1 aromatic rings. The first-order chi connectivity index (χ1) is 12.8. The van der Waals surface area contributed by atoms with Gasteiger partial charge in [-0.25, -0.2) is 0 Å². The summed E-state index contributed by atoms with van der Waals surface area (Å²) in [5.74, 6) is 0.0141. The molecule has 0 atom stereocenters. The lowest BCUT2D eigenvalue weighted by Gasteiger charge is -2.36. The van der Waals surface area contributed by atoms with Gasteiger partial charge in [0.05, 0.1) is 30.6 Å². The van der Waals surface area contributed by atoms with Crippen LogP contribution in [0.2, 0.25) is 0 Å². The minimum Gasteiger partial charge on any atom is -0.393 e. The Balaban J connectivity index is 1.70. The van der Waals surface area contributed by atoms with Crippen LogP contribution in [-0.2, 0) is 33.9 Å². The number of amides is 2. The van der Waals surface area contributed by atoms with E-state index in [4.69, 9.17) is 9.84 Å². The zero-order valence-corrected chi connectivity index (χ0v) is 16.6. The molecule has 0 saturated heterocycles. The molecule has 1 aliphatic heterocycles. The van der Waals surface area contributed by atoms with Crippen LogP contribution in [0, 0.1) is 5.92 Å². The van der Waals surface area contributed by atoms with Crippen molar-refractivity contribution in [3.05, 3.63) is 17.0 Å². The van der Waals surface area contributed by atoms with Gasteiger partial charge in [-0.2, -0.15) is 5.10 Å². The summed E-state index contributed by atoms with van der Waals surface area (Å²) in [6.07, 6.45) is 1.56. The molecule has 1 N–H and O–H groups in total. The van der Waals surface area contributed by atoms with Gasteiger partial charge < -0.3 is 19.6 Å². The maximum atomic E-state index is 12.7. The zero-order valence-electron chi connectivity index (χ0n) is 16.6. The van der Waals surface area contributed by atoms with Crippen molar-refractivity contribution < 1.29 is 19.4 Å². The number of hydrogen-bond donors (Lipinski definition) is 1. The van der Waals surface area contributed by atoms with Crippen molar-refractivity contribution in [1.29, 1.82) is 0 Å². The van der Waals surface area contributed by atoms with Crippen LogP contribution in [0.5, 0.6) is 0 Å². The minimum atomic E-state index is -0.325. The van der Waals surface area contributed by atoms with Gasteiger partial charge in [0, 0.05) is 38.2 Å². The Morgan fingerprint density at radius 2 is 2.04 bits per heavy atom. The first-order valence-electron chi connectivity index (χ1n) is 9.61. The minimum absolute atomic E-state index is 0.0327. The van der Waals surface area contributed by atoms with Crippen molar-refractivity contribution in [2.24, 2.45) is 5.92 Å². The molecule has 0 unspecified atom stereocenters. The predicted molar refractivity (Wildman–Crippen MR) is 98.8 cm³/mol. The van der Waals surface area contributed by atoms with Crippen molar-refractivity contribution in [3.8, 4) is 0 Å². The van der Waals surface area contributed by atoms with E-state index in [1.807, 2.05) is 9.58 Å². The molecule has 8 nitrogen and oxygen atoms in total. The van der Waals surface area contributed by atoms with E-state index in [9.17, 15) is 14.7 Å². The van der Waals surface area contributed by atoms with E-state index in [1.54, 1.807) is 14.1 Å². The van der Waals surface area contributed by atoms with Gasteiger partial charge in [-0.05, 0) is 33.1 Å². The molecule has 150 valence electrons. The molecule has 2 heterocycles. The maximum absolute atomic E-state index is 12.7. The Kier molecular flexibility index (Phi) is 5.86. The topological polar surface area (TPSA) is 87.9 Å². The van der Waals surface area contributed by atoms with Crippen molar-refractivity contribution in [2.45, 2.75) is 58.4 Å². The van der Waals surface area contributed by atoms with E-state index in [2.05, 4.69) is 13.8 Å². The lowest BCUT2D eigenvalue weighted by atomic mass is 9.81. The second-order valence-electron chi connectivity index (χ2n) is 8.02. The molecule has 1 saturated carbocycles. The molecule has 0 bridgehead atoms. The van der Waals surface area contributed by atoms with E-state index >= 15 is 0 Å². The molecule has 0 spiro atoms. The fourth-order valence-corrected chi connectivity index (χ4v) is 3.66. The summed E-state index contributed by atoms with van der Waals surface area (Å²) in [5, 5.41) is 14.2. The van der Waals surface area contributed by atoms with Gasteiger partial charge in [-0.1, -0.05) is 0 Å². The first-order valence-corrected chi connectivity index (χ1v) is 9.61. The second kappa shape index (κ2) is 7.98. The number of nitrogens with zero attached hydrogens (tertiary/aromatic N) is 4. The van der Waals surface area contributed by atoms with Gasteiger partial charge in [-0.15, -0.1) is 0 Å². The highest BCUT2D eigenvalue weighted by Crippen LogP contribution is 2.32. The summed E-state index contributed by atoms with van der Waals surface area (Å²) in [6, 6.07) is 0.177. The molecule has 2 aliphatic rings. The highest BCUT2D eigenvalue weighted by atomic mass is 16.5. The third-order valence-corrected chi connectivity index (χ3v) is 5.40. The largest absolute Gasteiger partial charge is 0.393 e. The molecule has 0 radical (unpaired) electrons. The number of hydrogen-bond acceptors (Lipinski definition) is 5. The summed E-state index contributed by atoms with van der Waals surface area (Å²) in [4.78, 5) is 27.7. The van der Waals surface area contributed by atoms with Crippen LogP contribution in [0.15, 0.2) is 0 Å². The Morgan fingerprint density at radius 1 is 1.33 bits per heavy atom. The summed E-state index contributed by atoms with van der Waals surface area (Å²) < 4.78 is 7.55. The quantitative estimate of drug-likeness (QED) is 0.788. The number of aliphatic hydroxyl groups is 1. The number of carbonyl (C=O) groups excluding carboxylic acids is 2. The van der Waals surface area contributed by atoms with Gasteiger partial charge in [-0.3, -0.25) is 14.3 Å². The Bertz CT molecular complexity index is 707. The maximum Gasteiger partial charge on any atom is 0.248 e. The number of fused-ring (bicyclic) bond motifs is 1. The monoisotopic (exact) mass is 378 g/mol.